The Morgan fingerprint density at radius 1 is 1.29 bits per heavy atom. The molecule has 0 amide bonds. The Kier molecular flexibility index (Phi) is 6.06. The topological polar surface area (TPSA) is 24.9 Å². The number of hydrogen-bond donors (Lipinski definition) is 1. The molecule has 0 saturated heterocycles. The summed E-state index contributed by atoms with van der Waals surface area (Å²) >= 11 is 14.1. The fourth-order valence-corrected chi connectivity index (χ4v) is 3.64. The summed E-state index contributed by atoms with van der Waals surface area (Å²) < 4.78 is 0. The first-order valence-corrected chi connectivity index (χ1v) is 8.80. The molecule has 0 aliphatic rings. The maximum absolute atomic E-state index is 6.37. The predicted molar refractivity (Wildman–Crippen MR) is 92.8 cm³/mol. The fraction of sp³-hybridized carbons (Fsp3) is 0.438. The zero-order chi connectivity index (χ0) is 15.4. The van der Waals surface area contributed by atoms with Crippen molar-refractivity contribution in [1.29, 1.82) is 0 Å². The first kappa shape index (κ1) is 16.8. The van der Waals surface area contributed by atoms with E-state index in [4.69, 9.17) is 28.2 Å². The highest BCUT2D eigenvalue weighted by Crippen LogP contribution is 2.33. The maximum Gasteiger partial charge on any atom is 0.114 e. The number of nitrogens with one attached hydrogen (secondary N) is 1. The molecule has 0 bridgehead atoms. The third kappa shape index (κ3) is 4.19. The molecule has 5 heteroatoms. The summed E-state index contributed by atoms with van der Waals surface area (Å²) in [5.41, 5.74) is 2.16. The summed E-state index contributed by atoms with van der Waals surface area (Å²) in [6.07, 6.45) is 1.06. The molecule has 0 fully saturated rings. The van der Waals surface area contributed by atoms with Gasteiger partial charge in [-0.2, -0.15) is 0 Å². The summed E-state index contributed by atoms with van der Waals surface area (Å²) in [7, 11) is 0. The van der Waals surface area contributed by atoms with Crippen LogP contribution < -0.4 is 5.32 Å². The quantitative estimate of drug-likeness (QED) is 0.732. The Balaban J connectivity index is 2.36. The highest BCUT2D eigenvalue weighted by atomic mass is 35.5. The van der Waals surface area contributed by atoms with Gasteiger partial charge in [-0.15, -0.1) is 11.3 Å². The van der Waals surface area contributed by atoms with Gasteiger partial charge in [-0.1, -0.05) is 50.0 Å². The van der Waals surface area contributed by atoms with Crippen LogP contribution >= 0.6 is 34.5 Å². The largest absolute Gasteiger partial charge is 0.304 e. The Bertz CT molecular complexity index is 596. The molecule has 1 aromatic carbocycles. The summed E-state index contributed by atoms with van der Waals surface area (Å²) in [6.45, 7) is 7.38. The van der Waals surface area contributed by atoms with Crippen LogP contribution in [0.1, 0.15) is 55.4 Å². The number of aromatic nitrogens is 1. The van der Waals surface area contributed by atoms with Crippen molar-refractivity contribution in [1.82, 2.24) is 10.3 Å². The zero-order valence-electron chi connectivity index (χ0n) is 12.5. The predicted octanol–water partition coefficient (Wildman–Crippen LogP) is 5.66. The second kappa shape index (κ2) is 7.59. The van der Waals surface area contributed by atoms with Crippen LogP contribution in [0.25, 0.3) is 0 Å². The van der Waals surface area contributed by atoms with E-state index in [1.165, 1.54) is 0 Å². The Morgan fingerprint density at radius 2 is 2.05 bits per heavy atom. The Labute approximate surface area is 140 Å². The van der Waals surface area contributed by atoms with Gasteiger partial charge in [-0.05, 0) is 36.6 Å². The van der Waals surface area contributed by atoms with Crippen LogP contribution in [0, 0.1) is 0 Å². The molecule has 0 aliphatic heterocycles. The van der Waals surface area contributed by atoms with E-state index >= 15 is 0 Å². The van der Waals surface area contributed by atoms with Crippen molar-refractivity contribution in [2.75, 3.05) is 6.54 Å². The summed E-state index contributed by atoms with van der Waals surface area (Å²) in [4.78, 5) is 4.77. The molecule has 114 valence electrons. The second-order valence-corrected chi connectivity index (χ2v) is 7.05. The normalized spacial score (nSPS) is 12.9. The smallest absolute Gasteiger partial charge is 0.114 e. The Hall–Kier alpha value is -0.610. The molecule has 0 radical (unpaired) electrons. The zero-order valence-corrected chi connectivity index (χ0v) is 14.8. The molecule has 2 nitrogen and oxygen atoms in total. The first-order valence-electron chi connectivity index (χ1n) is 7.16. The van der Waals surface area contributed by atoms with E-state index in [1.807, 2.05) is 12.1 Å². The molecular weight excluding hydrogens is 323 g/mol. The molecule has 1 unspecified atom stereocenters. The first-order chi connectivity index (χ1) is 10.0. The van der Waals surface area contributed by atoms with Gasteiger partial charge >= 0.3 is 0 Å². The molecule has 2 rings (SSSR count). The molecule has 1 aromatic heterocycles. The van der Waals surface area contributed by atoms with Crippen LogP contribution in [0.5, 0.6) is 0 Å². The van der Waals surface area contributed by atoms with E-state index in [0.717, 1.165) is 29.2 Å². The molecule has 1 atom stereocenters. The third-order valence-electron chi connectivity index (χ3n) is 3.25. The standard InChI is InChI=1S/C16H20Cl2N2S/c1-4-7-19-15(12-6-5-11(17)8-13(12)18)16-20-14(9-21-16)10(2)3/h5-6,8-10,15,19H,4,7H2,1-3H3. The van der Waals surface area contributed by atoms with Gasteiger partial charge in [-0.3, -0.25) is 0 Å². The average molecular weight is 343 g/mol. The molecule has 1 heterocycles. The number of thiazole rings is 1. The van der Waals surface area contributed by atoms with Crippen LogP contribution in [0.3, 0.4) is 0 Å². The molecule has 21 heavy (non-hydrogen) atoms. The summed E-state index contributed by atoms with van der Waals surface area (Å²) in [5.74, 6) is 0.433. The van der Waals surface area contributed by atoms with Crippen LogP contribution in [0.4, 0.5) is 0 Å². The van der Waals surface area contributed by atoms with Crippen molar-refractivity contribution >= 4 is 34.5 Å². The van der Waals surface area contributed by atoms with Crippen LogP contribution in [0.2, 0.25) is 10.0 Å². The van der Waals surface area contributed by atoms with E-state index in [9.17, 15) is 0 Å². The lowest BCUT2D eigenvalue weighted by molar-refractivity contribution is 0.593. The van der Waals surface area contributed by atoms with Crippen molar-refractivity contribution in [3.63, 3.8) is 0 Å². The van der Waals surface area contributed by atoms with Gasteiger partial charge in [0, 0.05) is 15.4 Å². The molecule has 2 aromatic rings. The van der Waals surface area contributed by atoms with Gasteiger partial charge in [0.1, 0.15) is 5.01 Å². The van der Waals surface area contributed by atoms with E-state index in [2.05, 4.69) is 31.5 Å². The maximum atomic E-state index is 6.37. The van der Waals surface area contributed by atoms with Gasteiger partial charge in [-0.25, -0.2) is 4.98 Å². The van der Waals surface area contributed by atoms with Crippen LogP contribution in [0.15, 0.2) is 23.6 Å². The third-order valence-corrected chi connectivity index (χ3v) is 4.74. The van der Waals surface area contributed by atoms with Crippen molar-refractivity contribution in [3.05, 3.63) is 49.9 Å². The van der Waals surface area contributed by atoms with E-state index in [-0.39, 0.29) is 6.04 Å². The molecule has 0 spiro atoms. The minimum Gasteiger partial charge on any atom is -0.304 e. The lowest BCUT2D eigenvalue weighted by atomic mass is 10.1. The highest BCUT2D eigenvalue weighted by molar-refractivity contribution is 7.09. The molecule has 1 N–H and O–H groups in total. The number of halogens is 2. The van der Waals surface area contributed by atoms with E-state index < -0.39 is 0 Å². The SMILES string of the molecule is CCCNC(c1nc(C(C)C)cs1)c1ccc(Cl)cc1Cl. The second-order valence-electron chi connectivity index (χ2n) is 5.32. The van der Waals surface area contributed by atoms with Crippen LogP contribution in [-0.4, -0.2) is 11.5 Å². The highest BCUT2D eigenvalue weighted by Gasteiger charge is 2.20. The Morgan fingerprint density at radius 3 is 2.62 bits per heavy atom. The monoisotopic (exact) mass is 342 g/mol. The lowest BCUT2D eigenvalue weighted by Gasteiger charge is -2.18. The van der Waals surface area contributed by atoms with Gasteiger partial charge < -0.3 is 5.32 Å². The summed E-state index contributed by atoms with van der Waals surface area (Å²) in [5, 5.41) is 8.05. The molecular formula is C16H20Cl2N2S. The average Bonchev–Trinajstić information content (AvgIpc) is 2.91. The van der Waals surface area contributed by atoms with Gasteiger partial charge in [0.15, 0.2) is 0 Å². The fourth-order valence-electron chi connectivity index (χ4n) is 2.05. The van der Waals surface area contributed by atoms with Crippen molar-refractivity contribution in [2.45, 2.75) is 39.2 Å². The lowest BCUT2D eigenvalue weighted by Crippen LogP contribution is -2.23. The van der Waals surface area contributed by atoms with Gasteiger partial charge in [0.2, 0.25) is 0 Å². The van der Waals surface area contributed by atoms with E-state index in [1.54, 1.807) is 17.4 Å². The van der Waals surface area contributed by atoms with Gasteiger partial charge in [0.05, 0.1) is 11.7 Å². The van der Waals surface area contributed by atoms with Crippen LogP contribution in [-0.2, 0) is 0 Å². The number of benzene rings is 1. The number of nitrogens with zero attached hydrogens (tertiary/aromatic N) is 1. The molecule has 0 saturated carbocycles. The minimum atomic E-state index is 0.0206. The van der Waals surface area contributed by atoms with Crippen molar-refractivity contribution in [2.24, 2.45) is 0 Å². The van der Waals surface area contributed by atoms with Gasteiger partial charge in [0.25, 0.3) is 0 Å². The number of hydrogen-bond acceptors (Lipinski definition) is 3. The van der Waals surface area contributed by atoms with Crippen molar-refractivity contribution < 1.29 is 0 Å². The molecule has 0 aliphatic carbocycles. The summed E-state index contributed by atoms with van der Waals surface area (Å²) in [6, 6.07) is 5.66. The number of rotatable bonds is 6. The van der Waals surface area contributed by atoms with E-state index in [0.29, 0.717) is 16.0 Å². The minimum absolute atomic E-state index is 0.0206. The van der Waals surface area contributed by atoms with Crippen molar-refractivity contribution in [3.8, 4) is 0 Å².